The van der Waals surface area contributed by atoms with Crippen LogP contribution in [0.15, 0.2) is 42.6 Å². The number of nitrogens with one attached hydrogen (secondary N) is 1. The van der Waals surface area contributed by atoms with E-state index in [-0.39, 0.29) is 22.8 Å². The topological polar surface area (TPSA) is 112 Å². The number of esters is 1. The van der Waals surface area contributed by atoms with Crippen LogP contribution in [0.3, 0.4) is 0 Å². The van der Waals surface area contributed by atoms with Gasteiger partial charge in [-0.3, -0.25) is 13.9 Å². The molecule has 1 saturated heterocycles. The number of hydrogen-bond acceptors (Lipinski definition) is 9. The molecule has 0 bridgehead atoms. The molecule has 2 unspecified atom stereocenters. The molecule has 2 aromatic rings. The molecule has 0 amide bonds. The van der Waals surface area contributed by atoms with Gasteiger partial charge in [0.25, 0.3) is 0 Å². The molecule has 13 heteroatoms. The Morgan fingerprint density at radius 3 is 2.59 bits per heavy atom. The second-order valence-electron chi connectivity index (χ2n) is 8.80. The fourth-order valence-corrected chi connectivity index (χ4v) is 5.98. The highest BCUT2D eigenvalue weighted by atomic mass is 32.1. The number of benzene rings is 1. The number of carbonyl (C=O) groups excluding carboxylic acids is 1. The average Bonchev–Trinajstić information content (AvgIpc) is 3.08. The highest BCUT2D eigenvalue weighted by Crippen LogP contribution is 2.51. The van der Waals surface area contributed by atoms with Gasteiger partial charge >= 0.3 is 13.6 Å². The molecule has 1 aliphatic rings. The Kier molecular flexibility index (Phi) is 9.45. The Labute approximate surface area is 224 Å². The molecule has 0 saturated carbocycles. The number of rotatable bonds is 10. The van der Waals surface area contributed by atoms with Gasteiger partial charge in [-0.15, -0.1) is 6.42 Å². The van der Waals surface area contributed by atoms with E-state index in [2.05, 4.69) is 4.98 Å². The van der Waals surface area contributed by atoms with Crippen LogP contribution >= 0.6 is 32.0 Å². The number of hydrogen-bond donors (Lipinski definition) is 2. The lowest BCUT2D eigenvalue weighted by atomic mass is 9.96. The molecule has 0 aliphatic carbocycles. The van der Waals surface area contributed by atoms with Gasteiger partial charge in [0.1, 0.15) is 16.5 Å². The van der Waals surface area contributed by atoms with Gasteiger partial charge in [0.05, 0.1) is 24.8 Å². The Morgan fingerprint density at radius 2 is 2.00 bits per heavy atom. The maximum absolute atomic E-state index is 15.4. The molecule has 37 heavy (non-hydrogen) atoms. The molecule has 6 atom stereocenters. The number of aromatic amines is 1. The molecular formula is C24H28FN2O7PS2. The van der Waals surface area contributed by atoms with Gasteiger partial charge in [-0.2, -0.15) is 0 Å². The van der Waals surface area contributed by atoms with Gasteiger partial charge < -0.3 is 24.1 Å². The lowest BCUT2D eigenvalue weighted by Gasteiger charge is -2.26. The molecule has 3 rings (SSSR count). The van der Waals surface area contributed by atoms with E-state index >= 15 is 4.39 Å². The van der Waals surface area contributed by atoms with Gasteiger partial charge in [-0.05, 0) is 44.3 Å². The number of alkyl halides is 1. The Morgan fingerprint density at radius 1 is 1.32 bits per heavy atom. The maximum atomic E-state index is 15.4. The van der Waals surface area contributed by atoms with Crippen LogP contribution in [-0.4, -0.2) is 57.4 Å². The second-order valence-corrected chi connectivity index (χ2v) is 11.7. The number of ether oxygens (including phenoxy) is 2. The van der Waals surface area contributed by atoms with Crippen molar-refractivity contribution in [1.29, 1.82) is 0 Å². The van der Waals surface area contributed by atoms with E-state index in [1.807, 2.05) is 5.92 Å². The van der Waals surface area contributed by atoms with E-state index in [4.69, 9.17) is 49.4 Å². The summed E-state index contributed by atoms with van der Waals surface area (Å²) in [6.07, 6.45) is 1.17. The first kappa shape index (κ1) is 29.2. The monoisotopic (exact) mass is 570 g/mol. The molecule has 0 radical (unpaired) electrons. The van der Waals surface area contributed by atoms with Crippen LogP contribution in [0.25, 0.3) is 0 Å². The number of para-hydroxylation sites is 1. The number of aromatic nitrogens is 2. The van der Waals surface area contributed by atoms with Crippen LogP contribution in [0.1, 0.15) is 27.0 Å². The normalized spacial score (nSPS) is 25.7. The molecule has 9 nitrogen and oxygen atoms in total. The largest absolute Gasteiger partial charge is 0.463 e. The third-order valence-corrected chi connectivity index (χ3v) is 8.01. The third-order valence-electron chi connectivity index (χ3n) is 5.44. The molecular weight excluding hydrogens is 542 g/mol. The quantitative estimate of drug-likeness (QED) is 0.181. The van der Waals surface area contributed by atoms with Crippen LogP contribution in [0, 0.1) is 27.7 Å². The number of terminal acetylenes is 1. The summed E-state index contributed by atoms with van der Waals surface area (Å²) >= 11 is 10.2. The first-order valence-corrected chi connectivity index (χ1v) is 13.9. The van der Waals surface area contributed by atoms with Crippen molar-refractivity contribution in [1.82, 2.24) is 9.55 Å². The van der Waals surface area contributed by atoms with Gasteiger partial charge in [0.15, 0.2) is 17.2 Å². The van der Waals surface area contributed by atoms with Gasteiger partial charge in [-0.25, -0.2) is 8.96 Å². The number of aliphatic hydroxyl groups is 1. The summed E-state index contributed by atoms with van der Waals surface area (Å²) in [6.45, 7) is 4.30. The van der Waals surface area contributed by atoms with Crippen molar-refractivity contribution in [2.24, 2.45) is 5.92 Å². The van der Waals surface area contributed by atoms with Crippen LogP contribution < -0.4 is 4.52 Å². The van der Waals surface area contributed by atoms with Crippen molar-refractivity contribution in [3.8, 4) is 18.1 Å². The second kappa shape index (κ2) is 12.0. The van der Waals surface area contributed by atoms with Crippen molar-refractivity contribution in [3.63, 3.8) is 0 Å². The van der Waals surface area contributed by atoms with E-state index in [0.717, 1.165) is 0 Å². The molecule has 200 valence electrons. The minimum atomic E-state index is -4.06. The predicted molar refractivity (Wildman–Crippen MR) is 139 cm³/mol. The van der Waals surface area contributed by atoms with Crippen LogP contribution in [0.2, 0.25) is 0 Å². The Hall–Kier alpha value is -2.39. The first-order valence-electron chi connectivity index (χ1n) is 11.4. The van der Waals surface area contributed by atoms with Crippen molar-refractivity contribution >= 4 is 38.0 Å². The Balaban J connectivity index is 1.84. The molecule has 2 heterocycles. The van der Waals surface area contributed by atoms with E-state index in [1.165, 1.54) is 23.8 Å². The molecule has 1 aliphatic heterocycles. The predicted octanol–water partition coefficient (Wildman–Crippen LogP) is 4.75. The number of halogens is 1. The van der Waals surface area contributed by atoms with Crippen molar-refractivity contribution in [3.05, 3.63) is 52.0 Å². The van der Waals surface area contributed by atoms with E-state index in [0.29, 0.717) is 4.64 Å². The number of H-pyrrole nitrogens is 1. The fourth-order valence-electron chi connectivity index (χ4n) is 3.63. The fraction of sp³-hybridized carbons (Fsp3) is 0.458. The Bertz CT molecular complexity index is 1310. The molecule has 1 aromatic heterocycles. The zero-order valence-corrected chi connectivity index (χ0v) is 22.9. The van der Waals surface area contributed by atoms with Crippen LogP contribution in [-0.2, 0) is 23.4 Å². The zero-order valence-electron chi connectivity index (χ0n) is 20.4. The van der Waals surface area contributed by atoms with Gasteiger partial charge in [-0.1, -0.05) is 43.3 Å². The van der Waals surface area contributed by atoms with Crippen molar-refractivity contribution in [2.45, 2.75) is 51.0 Å². The summed E-state index contributed by atoms with van der Waals surface area (Å²) < 4.78 is 53.0. The summed E-state index contributed by atoms with van der Waals surface area (Å²) in [7, 11) is -4.06. The van der Waals surface area contributed by atoms with Gasteiger partial charge in [0.2, 0.25) is 5.60 Å². The van der Waals surface area contributed by atoms with Crippen LogP contribution in [0.5, 0.6) is 5.75 Å². The van der Waals surface area contributed by atoms with E-state index in [1.54, 1.807) is 44.2 Å². The summed E-state index contributed by atoms with van der Waals surface area (Å²) in [6, 6.07) is 9.67. The van der Waals surface area contributed by atoms with E-state index in [9.17, 15) is 14.5 Å². The smallest absolute Gasteiger partial charge is 0.380 e. The maximum Gasteiger partial charge on any atom is 0.380 e. The summed E-state index contributed by atoms with van der Waals surface area (Å²) in [5, 5.41) is 11.0. The minimum Gasteiger partial charge on any atom is -0.463 e. The van der Waals surface area contributed by atoms with Crippen molar-refractivity contribution in [2.75, 3.05) is 12.8 Å². The van der Waals surface area contributed by atoms with Crippen molar-refractivity contribution < 1.29 is 37.4 Å². The standard InChI is InChI=1S/C24H28FN2O7PS2/c1-5-24(29)20(25)18(33-22(24)27-12-11-19(36)26-23(27)37)13-31-35(30,34-17-9-7-6-8-10-17)14-16(4)21(28)32-15(2)3/h1,6-12,15-16,18,20,22,29H,13-14H2,2-4H3,(H,26,36,37)/t16-,18-,20+,22-,24?,35?/m1/s1. The molecule has 0 spiro atoms. The first-order chi connectivity index (χ1) is 17.4. The lowest BCUT2D eigenvalue weighted by Crippen LogP contribution is -2.43. The molecule has 1 aromatic carbocycles. The average molecular weight is 571 g/mol. The van der Waals surface area contributed by atoms with Gasteiger partial charge in [0, 0.05) is 6.20 Å². The number of nitrogens with zero attached hydrogens (tertiary/aromatic N) is 1. The third kappa shape index (κ3) is 6.93. The highest BCUT2D eigenvalue weighted by molar-refractivity contribution is 7.72. The minimum absolute atomic E-state index is 0.0514. The summed E-state index contributed by atoms with van der Waals surface area (Å²) in [5.74, 6) is 0.823. The highest BCUT2D eigenvalue weighted by Gasteiger charge is 2.57. The molecule has 1 fully saturated rings. The lowest BCUT2D eigenvalue weighted by molar-refractivity contribution is -0.151. The summed E-state index contributed by atoms with van der Waals surface area (Å²) in [4.78, 5) is 15.1. The van der Waals surface area contributed by atoms with E-state index < -0.39 is 50.2 Å². The SMILES string of the molecule is C#CC1(O)[C@@H](F)[C@@H](COP(=O)(C[C@@H](C)C(=O)OC(C)C)Oc2ccccc2)O[C@H]1n1ccc(=S)[nH]c1=S. The summed E-state index contributed by atoms with van der Waals surface area (Å²) in [5.41, 5.74) is -2.41. The van der Waals surface area contributed by atoms with Crippen LogP contribution in [0.4, 0.5) is 4.39 Å². The number of carbonyl (C=O) groups is 1. The molecule has 2 N–H and O–H groups in total. The zero-order chi connectivity index (χ0) is 27.4.